The summed E-state index contributed by atoms with van der Waals surface area (Å²) in [5.74, 6) is -0.182. The molecule has 0 spiro atoms. The van der Waals surface area contributed by atoms with Gasteiger partial charge in [0.1, 0.15) is 5.60 Å². The average Bonchev–Trinajstić information content (AvgIpc) is 2.90. The molecule has 0 aromatic heterocycles. The molecule has 206 valence electrons. The molecule has 1 amide bonds. The van der Waals surface area contributed by atoms with E-state index in [-0.39, 0.29) is 24.0 Å². The van der Waals surface area contributed by atoms with Crippen LogP contribution in [0.4, 0.5) is 4.79 Å². The van der Waals surface area contributed by atoms with Gasteiger partial charge in [-0.3, -0.25) is 9.69 Å². The normalized spacial score (nSPS) is 12.9. The van der Waals surface area contributed by atoms with Gasteiger partial charge in [-0.2, -0.15) is 0 Å². The Kier molecular flexibility index (Phi) is 9.70. The minimum absolute atomic E-state index is 0.153. The summed E-state index contributed by atoms with van der Waals surface area (Å²) in [5.41, 5.74) is -0.197. The van der Waals surface area contributed by atoms with Gasteiger partial charge in [-0.05, 0) is 36.2 Å². The smallest absolute Gasteiger partial charge is 0.411 e. The molecule has 0 aliphatic rings. The van der Waals surface area contributed by atoms with E-state index >= 15 is 0 Å². The molecule has 0 heterocycles. The highest BCUT2D eigenvalue weighted by Crippen LogP contribution is 2.37. The topological polar surface area (TPSA) is 55.8 Å². The van der Waals surface area contributed by atoms with Crippen molar-refractivity contribution in [3.8, 4) is 0 Å². The lowest BCUT2D eigenvalue weighted by Crippen LogP contribution is -2.67. The van der Waals surface area contributed by atoms with E-state index in [1.54, 1.807) is 18.2 Å². The van der Waals surface area contributed by atoms with Gasteiger partial charge < -0.3 is 9.16 Å². The molecule has 0 saturated heterocycles. The third-order valence-corrected chi connectivity index (χ3v) is 11.6. The minimum atomic E-state index is -2.87. The van der Waals surface area contributed by atoms with Crippen molar-refractivity contribution >= 4 is 30.6 Å². The standard InChI is InChI=1S/C33H41NO4Si/c1-8-27(34(31(36)38-32(2,3)4)24-30(35)26-18-12-9-13-19-26)25-37-39(33(5,6)7,28-20-14-10-15-21-28)29-22-16-11-17-23-29/h8-23,27H,1,24-25H2,2-7H3/t27-/m0/s1. The van der Waals surface area contributed by atoms with Crippen LogP contribution in [0.5, 0.6) is 0 Å². The van der Waals surface area contributed by atoms with Crippen LogP contribution >= 0.6 is 0 Å². The van der Waals surface area contributed by atoms with Gasteiger partial charge in [0.25, 0.3) is 8.32 Å². The Morgan fingerprint density at radius 3 is 1.69 bits per heavy atom. The summed E-state index contributed by atoms with van der Waals surface area (Å²) in [7, 11) is -2.87. The van der Waals surface area contributed by atoms with Gasteiger partial charge in [0.15, 0.2) is 5.78 Å². The van der Waals surface area contributed by atoms with E-state index in [9.17, 15) is 9.59 Å². The van der Waals surface area contributed by atoms with Gasteiger partial charge in [0.2, 0.25) is 0 Å². The summed E-state index contributed by atoms with van der Waals surface area (Å²) >= 11 is 0. The zero-order chi connectivity index (χ0) is 28.7. The van der Waals surface area contributed by atoms with E-state index in [2.05, 4.69) is 51.6 Å². The molecule has 0 bridgehead atoms. The van der Waals surface area contributed by atoms with Gasteiger partial charge in [-0.15, -0.1) is 6.58 Å². The second kappa shape index (κ2) is 12.6. The third-order valence-electron chi connectivity index (χ3n) is 6.60. The monoisotopic (exact) mass is 543 g/mol. The van der Waals surface area contributed by atoms with Crippen molar-refractivity contribution in [3.63, 3.8) is 0 Å². The second-order valence-electron chi connectivity index (χ2n) is 11.7. The first-order valence-electron chi connectivity index (χ1n) is 13.3. The molecule has 5 nitrogen and oxygen atoms in total. The van der Waals surface area contributed by atoms with Crippen LogP contribution in [0.25, 0.3) is 0 Å². The molecule has 1 atom stereocenters. The Morgan fingerprint density at radius 1 is 0.821 bits per heavy atom. The van der Waals surface area contributed by atoms with E-state index in [0.29, 0.717) is 5.56 Å². The highest BCUT2D eigenvalue weighted by atomic mass is 28.4. The van der Waals surface area contributed by atoms with Crippen molar-refractivity contribution in [2.24, 2.45) is 0 Å². The molecule has 39 heavy (non-hydrogen) atoms. The summed E-state index contributed by atoms with van der Waals surface area (Å²) in [5, 5.41) is 2.03. The predicted molar refractivity (Wildman–Crippen MR) is 161 cm³/mol. The maximum atomic E-state index is 13.4. The molecular weight excluding hydrogens is 502 g/mol. The maximum absolute atomic E-state index is 13.4. The number of carbonyl (C=O) groups excluding carboxylic acids is 2. The van der Waals surface area contributed by atoms with E-state index in [0.717, 1.165) is 10.4 Å². The highest BCUT2D eigenvalue weighted by Gasteiger charge is 2.50. The zero-order valence-corrected chi connectivity index (χ0v) is 25.0. The number of ether oxygens (including phenoxy) is 1. The van der Waals surface area contributed by atoms with Crippen molar-refractivity contribution in [2.75, 3.05) is 13.2 Å². The van der Waals surface area contributed by atoms with Crippen LogP contribution in [0.2, 0.25) is 5.04 Å². The van der Waals surface area contributed by atoms with Crippen LogP contribution < -0.4 is 10.4 Å². The number of nitrogens with zero attached hydrogens (tertiary/aromatic N) is 1. The van der Waals surface area contributed by atoms with Gasteiger partial charge in [-0.25, -0.2) is 4.79 Å². The average molecular weight is 544 g/mol. The van der Waals surface area contributed by atoms with Crippen molar-refractivity contribution in [1.29, 1.82) is 0 Å². The fourth-order valence-corrected chi connectivity index (χ4v) is 9.34. The fourth-order valence-electron chi connectivity index (χ4n) is 4.77. The molecule has 3 rings (SSSR count). The maximum Gasteiger partial charge on any atom is 0.411 e. The van der Waals surface area contributed by atoms with Gasteiger partial charge >= 0.3 is 6.09 Å². The number of amides is 1. The molecular formula is C33H41NO4Si. The molecule has 0 aliphatic heterocycles. The number of rotatable bonds is 10. The molecule has 0 aliphatic carbocycles. The molecule has 0 radical (unpaired) electrons. The summed E-state index contributed by atoms with van der Waals surface area (Å²) in [6, 6.07) is 29.0. The Balaban J connectivity index is 2.03. The van der Waals surface area contributed by atoms with Crippen LogP contribution in [0.1, 0.15) is 51.9 Å². The van der Waals surface area contributed by atoms with Crippen molar-refractivity contribution < 1.29 is 18.8 Å². The van der Waals surface area contributed by atoms with Crippen LogP contribution in [-0.4, -0.2) is 49.9 Å². The van der Waals surface area contributed by atoms with Gasteiger partial charge in [0, 0.05) is 5.56 Å². The highest BCUT2D eigenvalue weighted by molar-refractivity contribution is 6.99. The molecule has 3 aromatic rings. The van der Waals surface area contributed by atoms with Crippen molar-refractivity contribution in [1.82, 2.24) is 4.90 Å². The van der Waals surface area contributed by atoms with Gasteiger partial charge in [-0.1, -0.05) is 118 Å². The summed E-state index contributed by atoms with van der Waals surface area (Å²) in [4.78, 5) is 28.1. The SMILES string of the molecule is C=C[C@@H](CO[Si](c1ccccc1)(c1ccccc1)C(C)(C)C)N(CC(=O)c1ccccc1)C(=O)OC(C)(C)C. The number of carbonyl (C=O) groups is 2. The molecule has 0 fully saturated rings. The summed E-state index contributed by atoms with van der Waals surface area (Å²) < 4.78 is 12.8. The number of benzene rings is 3. The molecule has 0 unspecified atom stereocenters. The Hall–Kier alpha value is -3.48. The van der Waals surface area contributed by atoms with Crippen LogP contribution in [0.15, 0.2) is 104 Å². The largest absolute Gasteiger partial charge is 0.444 e. The zero-order valence-electron chi connectivity index (χ0n) is 24.0. The fraction of sp³-hybridized carbons (Fsp3) is 0.333. The van der Waals surface area contributed by atoms with E-state index in [4.69, 9.17) is 9.16 Å². The van der Waals surface area contributed by atoms with Crippen LogP contribution in [-0.2, 0) is 9.16 Å². The molecule has 6 heteroatoms. The molecule has 0 N–H and O–H groups in total. The second-order valence-corrected chi connectivity index (χ2v) is 16.0. The summed E-state index contributed by atoms with van der Waals surface area (Å²) in [6.45, 7) is 16.1. The minimum Gasteiger partial charge on any atom is -0.444 e. The first-order chi connectivity index (χ1) is 18.4. The molecule has 3 aromatic carbocycles. The van der Waals surface area contributed by atoms with Crippen LogP contribution in [0.3, 0.4) is 0 Å². The predicted octanol–water partition coefficient (Wildman–Crippen LogP) is 6.24. The van der Waals surface area contributed by atoms with E-state index in [1.165, 1.54) is 4.90 Å². The van der Waals surface area contributed by atoms with Crippen molar-refractivity contribution in [3.05, 3.63) is 109 Å². The van der Waals surface area contributed by atoms with Crippen LogP contribution in [0, 0.1) is 0 Å². The number of Topliss-reactive ketones (excluding diaryl/α,β-unsaturated/α-hetero) is 1. The van der Waals surface area contributed by atoms with Crippen molar-refractivity contribution in [2.45, 2.75) is 58.2 Å². The number of hydrogen-bond donors (Lipinski definition) is 0. The Labute approximate surface area is 234 Å². The number of ketones is 1. The van der Waals surface area contributed by atoms with E-state index in [1.807, 2.05) is 75.4 Å². The third kappa shape index (κ3) is 7.34. The van der Waals surface area contributed by atoms with Gasteiger partial charge in [0.05, 0.1) is 19.2 Å². The lowest BCUT2D eigenvalue weighted by Gasteiger charge is -2.44. The first-order valence-corrected chi connectivity index (χ1v) is 15.3. The lowest BCUT2D eigenvalue weighted by atomic mass is 10.1. The summed E-state index contributed by atoms with van der Waals surface area (Å²) in [6.07, 6.45) is 1.09. The lowest BCUT2D eigenvalue weighted by molar-refractivity contribution is 0.0158. The quantitative estimate of drug-likeness (QED) is 0.173. The molecule has 0 saturated carbocycles. The Morgan fingerprint density at radius 2 is 1.28 bits per heavy atom. The first kappa shape index (κ1) is 30.1. The number of hydrogen-bond acceptors (Lipinski definition) is 4. The Bertz CT molecular complexity index is 1190. The van der Waals surface area contributed by atoms with E-state index < -0.39 is 26.1 Å².